The first-order valence-electron chi connectivity index (χ1n) is 1.71. The van der Waals surface area contributed by atoms with Crippen molar-refractivity contribution in [3.8, 4) is 0 Å². The van der Waals surface area contributed by atoms with E-state index in [1.165, 1.54) is 0 Å². The van der Waals surface area contributed by atoms with Gasteiger partial charge in [-0.2, -0.15) is 4.89 Å². The van der Waals surface area contributed by atoms with E-state index in [-0.39, 0.29) is 0 Å². The molecule has 0 spiro atoms. The van der Waals surface area contributed by atoms with Crippen molar-refractivity contribution in [2.75, 3.05) is 0 Å². The third kappa shape index (κ3) is 8.58. The second-order valence-electron chi connectivity index (χ2n) is 1.06. The van der Waals surface area contributed by atoms with Crippen molar-refractivity contribution in [1.82, 2.24) is 0 Å². The number of halogens is 6. The van der Waals surface area contributed by atoms with Gasteiger partial charge in [0.2, 0.25) is 0 Å². The first-order valence-corrected chi connectivity index (χ1v) is 2.84. The van der Waals surface area contributed by atoms with Crippen LogP contribution in [0, 0.1) is 0 Å². The van der Waals surface area contributed by atoms with E-state index in [0.29, 0.717) is 0 Å². The van der Waals surface area contributed by atoms with Crippen LogP contribution in [0.3, 0.4) is 0 Å². The fourth-order valence-corrected chi connectivity index (χ4v) is 0.189. The number of alkyl halides is 6. The third-order valence-corrected chi connectivity index (χ3v) is 0.420. The Hall–Kier alpha value is 0.580. The van der Waals surface area contributed by atoms with E-state index in [1.54, 1.807) is 0 Å². The highest BCUT2D eigenvalue weighted by Crippen LogP contribution is 2.30. The summed E-state index contributed by atoms with van der Waals surface area (Å²) < 4.78 is 30.7. The van der Waals surface area contributed by atoms with Gasteiger partial charge >= 0.3 is 10.3 Å². The molecule has 0 aliphatic carbocycles. The summed E-state index contributed by atoms with van der Waals surface area (Å²) in [4.78, 5) is 5.96. The molecule has 0 aromatic heterocycles. The molecule has 0 bridgehead atoms. The van der Waals surface area contributed by atoms with Crippen LogP contribution < -0.4 is 0 Å². The van der Waals surface area contributed by atoms with Crippen LogP contribution in [0.5, 0.6) is 0 Å². The van der Waals surface area contributed by atoms with Gasteiger partial charge in [-0.3, -0.25) is 0 Å². The molecule has 2 nitrogen and oxygen atoms in total. The number of hydrogen-bond donors (Lipinski definition) is 0. The Morgan fingerprint density at radius 3 is 1.40 bits per heavy atom. The monoisotopic (exact) mass is 218 g/mol. The molecule has 0 aromatic rings. The fourth-order valence-electron chi connectivity index (χ4n) is 0.0945. The third-order valence-electron chi connectivity index (χ3n) is 0.231. The van der Waals surface area contributed by atoms with Gasteiger partial charge in [0.1, 0.15) is 0 Å². The SMILES string of the molecule is FC(F)(F)OOC(Cl)(Cl)Cl. The zero-order chi connectivity index (χ0) is 8.41. The van der Waals surface area contributed by atoms with E-state index < -0.39 is 10.3 Å². The summed E-state index contributed by atoms with van der Waals surface area (Å²) in [6, 6.07) is 0. The van der Waals surface area contributed by atoms with Gasteiger partial charge in [-0.15, -0.1) is 18.1 Å². The standard InChI is InChI=1S/C2Cl3F3O2/c3-1(4,5)9-10-2(6,7)8. The predicted octanol–water partition coefficient (Wildman–Crippen LogP) is 2.78. The van der Waals surface area contributed by atoms with Crippen LogP contribution >= 0.6 is 34.8 Å². The maximum atomic E-state index is 11.1. The molecule has 0 N–H and O–H groups in total. The van der Waals surface area contributed by atoms with Gasteiger partial charge in [0.15, 0.2) is 0 Å². The molecule has 0 heterocycles. The van der Waals surface area contributed by atoms with Crippen molar-refractivity contribution in [2.24, 2.45) is 0 Å². The minimum absolute atomic E-state index is 2.52. The van der Waals surface area contributed by atoms with Crippen molar-refractivity contribution in [2.45, 2.75) is 10.3 Å². The van der Waals surface area contributed by atoms with Gasteiger partial charge in [0, 0.05) is 0 Å². The molecule has 0 saturated carbocycles. The van der Waals surface area contributed by atoms with Crippen LogP contribution in [-0.2, 0) is 9.78 Å². The van der Waals surface area contributed by atoms with Gasteiger partial charge in [0.05, 0.1) is 0 Å². The van der Waals surface area contributed by atoms with E-state index in [0.717, 1.165) is 0 Å². The lowest BCUT2D eigenvalue weighted by atomic mass is 11.4. The summed E-state index contributed by atoms with van der Waals surface area (Å²) in [6.07, 6.45) is -4.97. The predicted molar refractivity (Wildman–Crippen MR) is 28.5 cm³/mol. The molecule has 8 heteroatoms. The molecule has 0 saturated heterocycles. The van der Waals surface area contributed by atoms with Crippen molar-refractivity contribution >= 4 is 34.8 Å². The molecule has 0 aliphatic rings. The first-order chi connectivity index (χ1) is 4.21. The van der Waals surface area contributed by atoms with E-state index in [4.69, 9.17) is 34.8 Å². The fraction of sp³-hybridized carbons (Fsp3) is 1.00. The molecule has 0 rings (SSSR count). The summed E-state index contributed by atoms with van der Waals surface area (Å²) in [6.45, 7) is 0. The molecule has 62 valence electrons. The highest BCUT2D eigenvalue weighted by molar-refractivity contribution is 6.66. The number of hydrogen-bond acceptors (Lipinski definition) is 2. The summed E-state index contributed by atoms with van der Waals surface area (Å²) >= 11 is 14.2. The Bertz CT molecular complexity index is 93.3. The van der Waals surface area contributed by atoms with Crippen LogP contribution in [0.15, 0.2) is 0 Å². The smallest absolute Gasteiger partial charge is 0.171 e. The van der Waals surface area contributed by atoms with Crippen LogP contribution in [0.25, 0.3) is 0 Å². The molecular weight excluding hydrogens is 219 g/mol. The Morgan fingerprint density at radius 2 is 1.30 bits per heavy atom. The minimum atomic E-state index is -4.97. The molecule has 0 atom stereocenters. The van der Waals surface area contributed by atoms with Crippen molar-refractivity contribution in [3.05, 3.63) is 0 Å². The molecule has 0 aliphatic heterocycles. The average molecular weight is 219 g/mol. The summed E-state index contributed by atoms with van der Waals surface area (Å²) in [7, 11) is 0. The quantitative estimate of drug-likeness (QED) is 0.383. The summed E-state index contributed by atoms with van der Waals surface area (Å²) in [5.74, 6) is 0. The van der Waals surface area contributed by atoms with E-state index in [1.807, 2.05) is 0 Å². The van der Waals surface area contributed by atoms with Gasteiger partial charge in [0.25, 0.3) is 0 Å². The number of rotatable bonds is 1. The van der Waals surface area contributed by atoms with Crippen molar-refractivity contribution in [1.29, 1.82) is 0 Å². The Morgan fingerprint density at radius 1 is 0.900 bits per heavy atom. The van der Waals surface area contributed by atoms with Gasteiger partial charge in [-0.1, -0.05) is 34.8 Å². The summed E-state index contributed by atoms with van der Waals surface area (Å²) in [5.41, 5.74) is 0. The van der Waals surface area contributed by atoms with Crippen LogP contribution in [0.2, 0.25) is 0 Å². The molecular formula is C2Cl3F3O2. The maximum Gasteiger partial charge on any atom is 0.549 e. The lowest BCUT2D eigenvalue weighted by molar-refractivity contribution is -0.487. The van der Waals surface area contributed by atoms with E-state index >= 15 is 0 Å². The molecule has 0 aromatic carbocycles. The molecule has 0 unspecified atom stereocenters. The van der Waals surface area contributed by atoms with E-state index in [9.17, 15) is 13.2 Å². The van der Waals surface area contributed by atoms with Crippen LogP contribution in [-0.4, -0.2) is 10.3 Å². The average Bonchev–Trinajstić information content (AvgIpc) is 1.57. The zero-order valence-electron chi connectivity index (χ0n) is 4.08. The van der Waals surface area contributed by atoms with Gasteiger partial charge in [-0.05, 0) is 0 Å². The highest BCUT2D eigenvalue weighted by Gasteiger charge is 2.36. The van der Waals surface area contributed by atoms with Crippen molar-refractivity contribution in [3.63, 3.8) is 0 Å². The normalized spacial score (nSPS) is 13.8. The molecule has 10 heavy (non-hydrogen) atoms. The lowest BCUT2D eigenvalue weighted by Crippen LogP contribution is -2.19. The minimum Gasteiger partial charge on any atom is -0.171 e. The Labute approximate surface area is 68.7 Å². The van der Waals surface area contributed by atoms with Crippen LogP contribution in [0.4, 0.5) is 13.2 Å². The largest absolute Gasteiger partial charge is 0.549 e. The first kappa shape index (κ1) is 10.6. The van der Waals surface area contributed by atoms with Crippen molar-refractivity contribution < 1.29 is 22.9 Å². The van der Waals surface area contributed by atoms with Gasteiger partial charge in [-0.25, -0.2) is 0 Å². The summed E-state index contributed by atoms with van der Waals surface area (Å²) in [5, 5.41) is 0. The van der Waals surface area contributed by atoms with Crippen LogP contribution in [0.1, 0.15) is 0 Å². The van der Waals surface area contributed by atoms with Gasteiger partial charge < -0.3 is 0 Å². The maximum absolute atomic E-state index is 11.1. The molecule has 0 amide bonds. The molecule has 0 radical (unpaired) electrons. The van der Waals surface area contributed by atoms with E-state index in [2.05, 4.69) is 9.78 Å². The molecule has 0 fully saturated rings. The zero-order valence-corrected chi connectivity index (χ0v) is 6.35. The topological polar surface area (TPSA) is 18.5 Å². The highest BCUT2D eigenvalue weighted by atomic mass is 35.6. The second kappa shape index (κ2) is 3.32. The Balaban J connectivity index is 3.56. The Kier molecular flexibility index (Phi) is 3.51. The second-order valence-corrected chi connectivity index (χ2v) is 3.24. The lowest BCUT2D eigenvalue weighted by Gasteiger charge is -2.11.